The summed E-state index contributed by atoms with van der Waals surface area (Å²) in [6.07, 6.45) is 0.813. The van der Waals surface area contributed by atoms with Gasteiger partial charge in [-0.2, -0.15) is 5.10 Å². The summed E-state index contributed by atoms with van der Waals surface area (Å²) in [6.45, 7) is 5.35. The second-order valence-corrected chi connectivity index (χ2v) is 6.50. The van der Waals surface area contributed by atoms with Crippen molar-refractivity contribution >= 4 is 28.2 Å². The Morgan fingerprint density at radius 1 is 1.32 bits per heavy atom. The topological polar surface area (TPSA) is 63.8 Å². The molecule has 6 heteroatoms. The van der Waals surface area contributed by atoms with Crippen molar-refractivity contribution in [3.63, 3.8) is 0 Å². The summed E-state index contributed by atoms with van der Waals surface area (Å²) < 4.78 is 11.7. The summed E-state index contributed by atoms with van der Waals surface area (Å²) in [5, 5.41) is 3.80. The lowest BCUT2D eigenvalue weighted by Gasteiger charge is -2.18. The molecule has 1 aromatic heterocycles. The van der Waals surface area contributed by atoms with Gasteiger partial charge >= 0.3 is 6.09 Å². The molecule has 0 aliphatic heterocycles. The molecule has 116 valence electrons. The van der Waals surface area contributed by atoms with Crippen molar-refractivity contribution in [2.24, 2.45) is 5.10 Å². The number of carbonyl (C=O) groups excluding carboxylic acids is 1. The third-order valence-electron chi connectivity index (χ3n) is 2.48. The Kier molecular flexibility index (Phi) is 5.03. The maximum atomic E-state index is 11.4. The minimum Gasteiger partial charge on any atom is -0.455 e. The van der Waals surface area contributed by atoms with Crippen LogP contribution in [0.4, 0.5) is 4.79 Å². The summed E-state index contributed by atoms with van der Waals surface area (Å²) >= 11 is 3.42. The van der Waals surface area contributed by atoms with Gasteiger partial charge in [-0.15, -0.1) is 0 Å². The van der Waals surface area contributed by atoms with Gasteiger partial charge in [-0.05, 0) is 45.0 Å². The molecule has 1 aromatic carbocycles. The van der Waals surface area contributed by atoms with Gasteiger partial charge in [0, 0.05) is 10.0 Å². The molecule has 0 atom stereocenters. The fourth-order valence-corrected chi connectivity index (χ4v) is 2.07. The normalized spacial score (nSPS) is 11.6. The molecular weight excluding hydrogens is 348 g/mol. The first-order valence-corrected chi connectivity index (χ1v) is 7.51. The molecule has 0 radical (unpaired) electrons. The molecule has 0 unspecified atom stereocenters. The van der Waals surface area contributed by atoms with Gasteiger partial charge < -0.3 is 9.15 Å². The van der Waals surface area contributed by atoms with Crippen LogP contribution >= 0.6 is 15.9 Å². The fraction of sp³-hybridized carbons (Fsp3) is 0.250. The highest BCUT2D eigenvalue weighted by molar-refractivity contribution is 9.10. The van der Waals surface area contributed by atoms with E-state index in [2.05, 4.69) is 26.5 Å². The van der Waals surface area contributed by atoms with Gasteiger partial charge in [0.1, 0.15) is 17.1 Å². The van der Waals surface area contributed by atoms with Crippen LogP contribution in [-0.4, -0.2) is 17.9 Å². The van der Waals surface area contributed by atoms with Gasteiger partial charge in [-0.3, -0.25) is 0 Å². The highest BCUT2D eigenvalue weighted by Gasteiger charge is 2.15. The number of ether oxygens (including phenoxy) is 1. The van der Waals surface area contributed by atoms with E-state index in [1.165, 1.54) is 6.21 Å². The van der Waals surface area contributed by atoms with Gasteiger partial charge in [0.2, 0.25) is 0 Å². The van der Waals surface area contributed by atoms with Gasteiger partial charge in [-0.25, -0.2) is 10.2 Å². The number of carbonyl (C=O) groups is 1. The molecule has 0 aliphatic rings. The summed E-state index contributed by atoms with van der Waals surface area (Å²) in [7, 11) is 0. The molecule has 1 heterocycles. The van der Waals surface area contributed by atoms with Crippen LogP contribution in [0.5, 0.6) is 0 Å². The molecular formula is C16H17BrN2O3. The average Bonchev–Trinajstić information content (AvgIpc) is 2.85. The molecule has 0 bridgehead atoms. The first kappa shape index (κ1) is 16.3. The van der Waals surface area contributed by atoms with E-state index >= 15 is 0 Å². The van der Waals surface area contributed by atoms with Crippen LogP contribution in [0.15, 0.2) is 50.4 Å². The van der Waals surface area contributed by atoms with Crippen molar-refractivity contribution in [2.75, 3.05) is 0 Å². The summed E-state index contributed by atoms with van der Waals surface area (Å²) in [5.74, 6) is 1.26. The highest BCUT2D eigenvalue weighted by atomic mass is 79.9. The summed E-state index contributed by atoms with van der Waals surface area (Å²) in [5.41, 5.74) is 2.68. The average molecular weight is 365 g/mol. The Labute approximate surface area is 137 Å². The van der Waals surface area contributed by atoms with E-state index in [9.17, 15) is 4.79 Å². The largest absolute Gasteiger partial charge is 0.455 e. The van der Waals surface area contributed by atoms with Crippen LogP contribution in [0.2, 0.25) is 0 Å². The van der Waals surface area contributed by atoms with Crippen molar-refractivity contribution in [1.82, 2.24) is 5.43 Å². The number of nitrogens with zero attached hydrogens (tertiary/aromatic N) is 1. The zero-order valence-corrected chi connectivity index (χ0v) is 14.2. The third kappa shape index (κ3) is 5.04. The molecule has 22 heavy (non-hydrogen) atoms. The molecule has 1 N–H and O–H groups in total. The Hall–Kier alpha value is -2.08. The van der Waals surface area contributed by atoms with Crippen LogP contribution < -0.4 is 5.43 Å². The first-order chi connectivity index (χ1) is 10.3. The van der Waals surface area contributed by atoms with Gasteiger partial charge in [-0.1, -0.05) is 28.1 Å². The number of nitrogens with one attached hydrogen (secondary N) is 1. The standard InChI is InChI=1S/C16H17BrN2O3/c1-16(2,3)22-15(20)19-18-10-13-7-8-14(21-13)11-5-4-6-12(17)9-11/h4-10H,1-3H3,(H,19,20). The highest BCUT2D eigenvalue weighted by Crippen LogP contribution is 2.24. The monoisotopic (exact) mass is 364 g/mol. The van der Waals surface area contributed by atoms with E-state index in [0.29, 0.717) is 5.76 Å². The molecule has 2 aromatic rings. The molecule has 0 spiro atoms. The number of halogens is 1. The van der Waals surface area contributed by atoms with Crippen LogP contribution in [0, 0.1) is 0 Å². The van der Waals surface area contributed by atoms with E-state index in [1.807, 2.05) is 30.3 Å². The number of amides is 1. The molecule has 0 saturated heterocycles. The lowest BCUT2D eigenvalue weighted by Crippen LogP contribution is -2.29. The van der Waals surface area contributed by atoms with Crippen molar-refractivity contribution < 1.29 is 13.9 Å². The maximum Gasteiger partial charge on any atom is 0.428 e. The Bertz CT molecular complexity index is 687. The number of hydrogen-bond acceptors (Lipinski definition) is 4. The minimum atomic E-state index is -0.609. The number of rotatable bonds is 3. The SMILES string of the molecule is CC(C)(C)OC(=O)NN=Cc1ccc(-c2cccc(Br)c2)o1. The van der Waals surface area contributed by atoms with Crippen molar-refractivity contribution in [1.29, 1.82) is 0 Å². The van der Waals surface area contributed by atoms with E-state index in [4.69, 9.17) is 9.15 Å². The van der Waals surface area contributed by atoms with Crippen LogP contribution in [0.3, 0.4) is 0 Å². The second kappa shape index (κ2) is 6.79. The Balaban J connectivity index is 1.98. The van der Waals surface area contributed by atoms with E-state index in [-0.39, 0.29) is 0 Å². The Morgan fingerprint density at radius 2 is 2.09 bits per heavy atom. The minimum absolute atomic E-state index is 0.533. The van der Waals surface area contributed by atoms with Crippen LogP contribution in [0.1, 0.15) is 26.5 Å². The lowest BCUT2D eigenvalue weighted by molar-refractivity contribution is 0.0529. The molecule has 0 fully saturated rings. The number of hydrogen-bond donors (Lipinski definition) is 1. The quantitative estimate of drug-likeness (QED) is 0.640. The number of furan rings is 1. The summed E-state index contributed by atoms with van der Waals surface area (Å²) in [4.78, 5) is 11.4. The van der Waals surface area contributed by atoms with Gasteiger partial charge in [0.05, 0.1) is 6.21 Å². The van der Waals surface area contributed by atoms with Crippen molar-refractivity contribution in [3.8, 4) is 11.3 Å². The zero-order valence-electron chi connectivity index (χ0n) is 12.6. The molecule has 0 saturated carbocycles. The lowest BCUT2D eigenvalue weighted by atomic mass is 10.2. The zero-order chi connectivity index (χ0) is 16.2. The van der Waals surface area contributed by atoms with Crippen molar-refractivity contribution in [2.45, 2.75) is 26.4 Å². The molecule has 5 nitrogen and oxygen atoms in total. The maximum absolute atomic E-state index is 11.4. The van der Waals surface area contributed by atoms with Gasteiger partial charge in [0.15, 0.2) is 0 Å². The number of benzene rings is 1. The van der Waals surface area contributed by atoms with E-state index < -0.39 is 11.7 Å². The first-order valence-electron chi connectivity index (χ1n) is 6.71. The number of hydrazone groups is 1. The van der Waals surface area contributed by atoms with E-state index in [0.717, 1.165) is 15.8 Å². The smallest absolute Gasteiger partial charge is 0.428 e. The van der Waals surface area contributed by atoms with Crippen LogP contribution in [0.25, 0.3) is 11.3 Å². The molecule has 2 rings (SSSR count). The summed E-state index contributed by atoms with van der Waals surface area (Å²) in [6, 6.07) is 11.4. The van der Waals surface area contributed by atoms with Crippen LogP contribution in [-0.2, 0) is 4.74 Å². The third-order valence-corrected chi connectivity index (χ3v) is 2.98. The predicted molar refractivity (Wildman–Crippen MR) is 88.8 cm³/mol. The Morgan fingerprint density at radius 3 is 2.77 bits per heavy atom. The predicted octanol–water partition coefficient (Wildman–Crippen LogP) is 4.57. The molecule has 0 aliphatic carbocycles. The molecule has 1 amide bonds. The van der Waals surface area contributed by atoms with Crippen molar-refractivity contribution in [3.05, 3.63) is 46.6 Å². The second-order valence-electron chi connectivity index (χ2n) is 5.58. The van der Waals surface area contributed by atoms with Gasteiger partial charge in [0.25, 0.3) is 0 Å². The fourth-order valence-electron chi connectivity index (χ4n) is 1.67. The van der Waals surface area contributed by atoms with E-state index in [1.54, 1.807) is 26.8 Å².